The van der Waals surface area contributed by atoms with Gasteiger partial charge in [-0.05, 0) is 22.4 Å². The van der Waals surface area contributed by atoms with E-state index in [1.165, 1.54) is 6.42 Å². The molecule has 71 valence electrons. The largest absolute Gasteiger partial charge is 0.356 e. The Morgan fingerprint density at radius 1 is 1.43 bits per heavy atom. The highest BCUT2D eigenvalue weighted by Crippen LogP contribution is 2.21. The van der Waals surface area contributed by atoms with Crippen molar-refractivity contribution in [2.75, 3.05) is 18.0 Å². The van der Waals surface area contributed by atoms with Crippen LogP contribution in [-0.2, 0) is 0 Å². The van der Waals surface area contributed by atoms with Crippen molar-refractivity contribution in [1.82, 2.24) is 14.6 Å². The van der Waals surface area contributed by atoms with E-state index in [4.69, 9.17) is 0 Å². The molecular formula is C9H8BrN4. The summed E-state index contributed by atoms with van der Waals surface area (Å²) in [6, 6.07) is 3.77. The molecule has 0 N–H and O–H groups in total. The summed E-state index contributed by atoms with van der Waals surface area (Å²) in [5, 5.41) is 4.33. The van der Waals surface area contributed by atoms with Gasteiger partial charge >= 0.3 is 0 Å². The second kappa shape index (κ2) is 2.95. The van der Waals surface area contributed by atoms with Gasteiger partial charge in [0, 0.05) is 25.2 Å². The van der Waals surface area contributed by atoms with E-state index in [2.05, 4.69) is 37.1 Å². The van der Waals surface area contributed by atoms with Crippen molar-refractivity contribution in [2.45, 2.75) is 6.42 Å². The molecule has 1 fully saturated rings. The van der Waals surface area contributed by atoms with Crippen molar-refractivity contribution in [1.29, 1.82) is 0 Å². The van der Waals surface area contributed by atoms with Crippen molar-refractivity contribution in [2.24, 2.45) is 0 Å². The monoisotopic (exact) mass is 251 g/mol. The lowest BCUT2D eigenvalue weighted by molar-refractivity contribution is 0.599. The van der Waals surface area contributed by atoms with E-state index in [0.29, 0.717) is 0 Å². The predicted octanol–water partition coefficient (Wildman–Crippen LogP) is 1.50. The summed E-state index contributed by atoms with van der Waals surface area (Å²) in [4.78, 5) is 6.39. The molecule has 3 heterocycles. The van der Waals surface area contributed by atoms with Crippen LogP contribution in [0.5, 0.6) is 0 Å². The van der Waals surface area contributed by atoms with Crippen LogP contribution in [0.4, 0.5) is 5.82 Å². The molecule has 0 spiro atoms. The van der Waals surface area contributed by atoms with Gasteiger partial charge in [-0.25, -0.2) is 4.98 Å². The number of hydrogen-bond acceptors (Lipinski definition) is 3. The quantitative estimate of drug-likeness (QED) is 0.771. The van der Waals surface area contributed by atoms with E-state index in [-0.39, 0.29) is 0 Å². The standard InChI is InChI=1S/C9H8BrN4/c10-7-6-8-11-3-2-9(14(8)12-7)13-4-1-5-13/h2,6H,1,4-5H2. The summed E-state index contributed by atoms with van der Waals surface area (Å²) in [5.41, 5.74) is 0.835. The highest BCUT2D eigenvalue weighted by molar-refractivity contribution is 9.10. The van der Waals surface area contributed by atoms with Crippen molar-refractivity contribution >= 4 is 27.4 Å². The zero-order chi connectivity index (χ0) is 9.54. The van der Waals surface area contributed by atoms with Gasteiger partial charge in [0.15, 0.2) is 5.65 Å². The smallest absolute Gasteiger partial charge is 0.159 e. The van der Waals surface area contributed by atoms with Crippen molar-refractivity contribution < 1.29 is 0 Å². The van der Waals surface area contributed by atoms with Crippen LogP contribution < -0.4 is 4.90 Å². The van der Waals surface area contributed by atoms with E-state index < -0.39 is 0 Å². The number of hydrogen-bond donors (Lipinski definition) is 0. The summed E-state index contributed by atoms with van der Waals surface area (Å²) in [7, 11) is 0. The van der Waals surface area contributed by atoms with Crippen LogP contribution in [0.2, 0.25) is 0 Å². The fraction of sp³-hybridized carbons (Fsp3) is 0.333. The average molecular weight is 252 g/mol. The molecule has 0 bridgehead atoms. The van der Waals surface area contributed by atoms with Crippen LogP contribution in [0.15, 0.2) is 16.7 Å². The number of nitrogens with zero attached hydrogens (tertiary/aromatic N) is 4. The Labute approximate surface area is 89.7 Å². The van der Waals surface area contributed by atoms with E-state index in [0.717, 1.165) is 29.2 Å². The number of aromatic nitrogens is 3. The fourth-order valence-corrected chi connectivity index (χ4v) is 1.94. The Balaban J connectivity index is 2.21. The van der Waals surface area contributed by atoms with Gasteiger partial charge in [0.1, 0.15) is 10.4 Å². The third-order valence-electron chi connectivity index (χ3n) is 2.43. The van der Waals surface area contributed by atoms with E-state index >= 15 is 0 Å². The first-order valence-corrected chi connectivity index (χ1v) is 5.31. The lowest BCUT2D eigenvalue weighted by Gasteiger charge is -2.32. The third kappa shape index (κ3) is 1.12. The minimum Gasteiger partial charge on any atom is -0.356 e. The highest BCUT2D eigenvalue weighted by atomic mass is 79.9. The number of rotatable bonds is 1. The van der Waals surface area contributed by atoms with Gasteiger partial charge in [-0.1, -0.05) is 0 Å². The molecule has 1 aliphatic rings. The molecule has 0 amide bonds. The van der Waals surface area contributed by atoms with Crippen LogP contribution in [0, 0.1) is 6.20 Å². The maximum atomic E-state index is 4.33. The minimum absolute atomic E-state index is 0.811. The molecule has 4 nitrogen and oxygen atoms in total. The molecule has 3 rings (SSSR count). The zero-order valence-electron chi connectivity index (χ0n) is 7.44. The molecule has 2 aromatic heterocycles. The SMILES string of the molecule is Brc1cc2n[c]cc(N3CCC3)n2n1. The molecule has 14 heavy (non-hydrogen) atoms. The summed E-state index contributed by atoms with van der Waals surface area (Å²) >= 11 is 3.34. The molecule has 1 aliphatic heterocycles. The second-order valence-electron chi connectivity index (χ2n) is 3.32. The molecular weight excluding hydrogens is 244 g/mol. The zero-order valence-corrected chi connectivity index (χ0v) is 9.03. The summed E-state index contributed by atoms with van der Waals surface area (Å²) in [6.07, 6.45) is 4.15. The first-order chi connectivity index (χ1) is 6.84. The van der Waals surface area contributed by atoms with Gasteiger partial charge in [0.25, 0.3) is 0 Å². The first kappa shape index (κ1) is 8.23. The molecule has 1 radical (unpaired) electrons. The van der Waals surface area contributed by atoms with Crippen LogP contribution in [-0.4, -0.2) is 27.7 Å². The molecule has 1 saturated heterocycles. The lowest BCUT2D eigenvalue weighted by atomic mass is 10.2. The van der Waals surface area contributed by atoms with Crippen LogP contribution in [0.3, 0.4) is 0 Å². The lowest BCUT2D eigenvalue weighted by Crippen LogP contribution is -2.38. The van der Waals surface area contributed by atoms with E-state index in [1.807, 2.05) is 16.6 Å². The minimum atomic E-state index is 0.811. The number of fused-ring (bicyclic) bond motifs is 1. The fourth-order valence-electron chi connectivity index (χ4n) is 1.58. The van der Waals surface area contributed by atoms with Gasteiger partial charge in [-0.15, -0.1) is 0 Å². The summed E-state index contributed by atoms with van der Waals surface area (Å²) in [6.45, 7) is 2.20. The molecule has 2 aromatic rings. The Morgan fingerprint density at radius 3 is 3.00 bits per heavy atom. The van der Waals surface area contributed by atoms with E-state index in [9.17, 15) is 0 Å². The molecule has 5 heteroatoms. The van der Waals surface area contributed by atoms with E-state index in [1.54, 1.807) is 0 Å². The first-order valence-electron chi connectivity index (χ1n) is 4.52. The summed E-state index contributed by atoms with van der Waals surface area (Å²) in [5.74, 6) is 1.08. The topological polar surface area (TPSA) is 33.4 Å². The van der Waals surface area contributed by atoms with Gasteiger partial charge in [-0.3, -0.25) is 0 Å². The molecule has 0 aromatic carbocycles. The van der Waals surface area contributed by atoms with Crippen LogP contribution in [0.25, 0.3) is 5.65 Å². The van der Waals surface area contributed by atoms with Crippen molar-refractivity contribution in [3.05, 3.63) is 22.9 Å². The number of anilines is 1. The Bertz CT molecular complexity index is 475. The maximum absolute atomic E-state index is 4.33. The van der Waals surface area contributed by atoms with Crippen molar-refractivity contribution in [3.63, 3.8) is 0 Å². The van der Waals surface area contributed by atoms with Crippen molar-refractivity contribution in [3.8, 4) is 0 Å². The second-order valence-corrected chi connectivity index (χ2v) is 4.13. The predicted molar refractivity (Wildman–Crippen MR) is 56.4 cm³/mol. The molecule has 0 atom stereocenters. The van der Waals surface area contributed by atoms with Gasteiger partial charge in [0.2, 0.25) is 0 Å². The number of halogens is 1. The summed E-state index contributed by atoms with van der Waals surface area (Å²) < 4.78 is 2.66. The van der Waals surface area contributed by atoms with Gasteiger partial charge < -0.3 is 4.90 Å². The maximum Gasteiger partial charge on any atom is 0.159 e. The van der Waals surface area contributed by atoms with Gasteiger partial charge in [0.05, 0.1) is 6.20 Å². The molecule has 0 unspecified atom stereocenters. The Hall–Kier alpha value is -1.10. The normalized spacial score (nSPS) is 15.9. The Morgan fingerprint density at radius 2 is 2.29 bits per heavy atom. The third-order valence-corrected chi connectivity index (χ3v) is 2.82. The molecule has 0 aliphatic carbocycles. The average Bonchev–Trinajstić information content (AvgIpc) is 2.43. The Kier molecular flexibility index (Phi) is 1.73. The van der Waals surface area contributed by atoms with Gasteiger partial charge in [-0.2, -0.15) is 9.61 Å². The molecule has 0 saturated carbocycles. The van der Waals surface area contributed by atoms with Crippen LogP contribution >= 0.6 is 15.9 Å². The highest BCUT2D eigenvalue weighted by Gasteiger charge is 2.18. The van der Waals surface area contributed by atoms with Crippen LogP contribution in [0.1, 0.15) is 6.42 Å².